The van der Waals surface area contributed by atoms with Crippen LogP contribution in [0.4, 0.5) is 11.4 Å². The highest BCUT2D eigenvalue weighted by atomic mass is 79.9. The molecule has 1 unspecified atom stereocenters. The third-order valence-corrected chi connectivity index (χ3v) is 6.55. The van der Waals surface area contributed by atoms with Gasteiger partial charge in [-0.25, -0.2) is 5.01 Å². The Hall–Kier alpha value is -4.04. The molecule has 1 atom stereocenters. The quantitative estimate of drug-likeness (QED) is 0.342. The second-order valence-electron chi connectivity index (χ2n) is 8.70. The average molecular weight is 545 g/mol. The minimum atomic E-state index is -0.594. The van der Waals surface area contributed by atoms with Gasteiger partial charge in [-0.15, -0.1) is 0 Å². The largest absolute Gasteiger partial charge is 0.483 e. The number of hydrogen-bond donors (Lipinski definition) is 2. The predicted molar refractivity (Wildman–Crippen MR) is 145 cm³/mol. The van der Waals surface area contributed by atoms with E-state index in [1.165, 1.54) is 5.01 Å². The minimum Gasteiger partial charge on any atom is -0.483 e. The normalized spacial score (nSPS) is 14.7. The summed E-state index contributed by atoms with van der Waals surface area (Å²) in [5, 5.41) is 6.66. The van der Waals surface area contributed by atoms with Crippen molar-refractivity contribution < 1.29 is 14.3 Å². The standard InChI is InChI=1S/C28H25BrN4O3/c1-32(2)21-13-10-19(11-14-21)27-30-24-15-12-20(29)16-23(24)28(35)33(27)31-26(34)17-36-25-9-5-7-18-6-3-4-8-22(18)25/h3-16,27,30H,17H2,1-2H3,(H,31,34). The zero-order chi connectivity index (χ0) is 25.2. The summed E-state index contributed by atoms with van der Waals surface area (Å²) >= 11 is 3.43. The van der Waals surface area contributed by atoms with Crippen LogP contribution in [0, 0.1) is 0 Å². The second kappa shape index (κ2) is 9.91. The van der Waals surface area contributed by atoms with Crippen molar-refractivity contribution in [3.63, 3.8) is 0 Å². The van der Waals surface area contributed by atoms with Crippen molar-refractivity contribution in [2.75, 3.05) is 30.9 Å². The van der Waals surface area contributed by atoms with E-state index in [0.717, 1.165) is 26.5 Å². The van der Waals surface area contributed by atoms with E-state index < -0.39 is 12.1 Å². The number of hydrogen-bond acceptors (Lipinski definition) is 5. The Kier molecular flexibility index (Phi) is 6.52. The van der Waals surface area contributed by atoms with Gasteiger partial charge in [-0.2, -0.15) is 0 Å². The van der Waals surface area contributed by atoms with Gasteiger partial charge in [0.2, 0.25) is 0 Å². The first kappa shape index (κ1) is 23.7. The maximum atomic E-state index is 13.5. The molecule has 0 spiro atoms. The van der Waals surface area contributed by atoms with Crippen LogP contribution in [0.1, 0.15) is 22.1 Å². The molecule has 0 aromatic heterocycles. The van der Waals surface area contributed by atoms with Crippen LogP contribution >= 0.6 is 15.9 Å². The van der Waals surface area contributed by atoms with Crippen LogP contribution in [0.25, 0.3) is 10.8 Å². The van der Waals surface area contributed by atoms with E-state index >= 15 is 0 Å². The van der Waals surface area contributed by atoms with E-state index in [9.17, 15) is 9.59 Å². The molecule has 1 aliphatic heterocycles. The molecule has 0 radical (unpaired) electrons. The lowest BCUT2D eigenvalue weighted by atomic mass is 10.0. The summed E-state index contributed by atoms with van der Waals surface area (Å²) < 4.78 is 6.62. The Bertz CT molecular complexity index is 1430. The first-order valence-electron chi connectivity index (χ1n) is 11.5. The molecule has 182 valence electrons. The molecule has 4 aromatic carbocycles. The van der Waals surface area contributed by atoms with Crippen LogP contribution in [0.5, 0.6) is 5.75 Å². The fraction of sp³-hybridized carbons (Fsp3) is 0.143. The summed E-state index contributed by atoms with van der Waals surface area (Å²) in [5.41, 5.74) is 5.78. The van der Waals surface area contributed by atoms with Crippen LogP contribution in [0.3, 0.4) is 0 Å². The molecule has 36 heavy (non-hydrogen) atoms. The highest BCUT2D eigenvalue weighted by molar-refractivity contribution is 9.10. The fourth-order valence-electron chi connectivity index (χ4n) is 4.21. The lowest BCUT2D eigenvalue weighted by molar-refractivity contribution is -0.127. The third-order valence-electron chi connectivity index (χ3n) is 6.06. The molecule has 0 fully saturated rings. The number of anilines is 2. The van der Waals surface area contributed by atoms with Crippen LogP contribution < -0.4 is 20.4 Å². The topological polar surface area (TPSA) is 73.9 Å². The van der Waals surface area contributed by atoms with Gasteiger partial charge in [-0.3, -0.25) is 15.0 Å². The molecule has 1 heterocycles. The fourth-order valence-corrected chi connectivity index (χ4v) is 4.57. The molecule has 2 N–H and O–H groups in total. The summed E-state index contributed by atoms with van der Waals surface area (Å²) in [6.07, 6.45) is -0.594. The third kappa shape index (κ3) is 4.72. The van der Waals surface area contributed by atoms with Gasteiger partial charge < -0.3 is 15.0 Å². The van der Waals surface area contributed by atoms with Gasteiger partial charge in [-0.1, -0.05) is 64.5 Å². The van der Waals surface area contributed by atoms with Crippen LogP contribution in [0.15, 0.2) is 89.4 Å². The average Bonchev–Trinajstić information content (AvgIpc) is 2.89. The Balaban J connectivity index is 1.39. The smallest absolute Gasteiger partial charge is 0.276 e. The number of halogens is 1. The maximum Gasteiger partial charge on any atom is 0.276 e. The zero-order valence-electron chi connectivity index (χ0n) is 19.9. The highest BCUT2D eigenvalue weighted by Gasteiger charge is 2.34. The molecule has 8 heteroatoms. The van der Waals surface area contributed by atoms with Gasteiger partial charge in [0.05, 0.1) is 5.56 Å². The molecule has 0 bridgehead atoms. The lowest BCUT2D eigenvalue weighted by Crippen LogP contribution is -2.53. The molecule has 7 nitrogen and oxygen atoms in total. The molecule has 0 aliphatic carbocycles. The monoisotopic (exact) mass is 544 g/mol. The summed E-state index contributed by atoms with van der Waals surface area (Å²) in [6, 6.07) is 26.8. The number of carbonyl (C=O) groups is 2. The van der Waals surface area contributed by atoms with Crippen molar-refractivity contribution in [1.29, 1.82) is 0 Å². The first-order chi connectivity index (χ1) is 17.4. The molecule has 2 amide bonds. The maximum absolute atomic E-state index is 13.5. The number of carbonyl (C=O) groups excluding carboxylic acids is 2. The van der Waals surface area contributed by atoms with Crippen molar-refractivity contribution in [3.8, 4) is 5.75 Å². The summed E-state index contributed by atoms with van der Waals surface area (Å²) in [7, 11) is 3.93. The van der Waals surface area contributed by atoms with Gasteiger partial charge in [0, 0.05) is 35.3 Å². The number of fused-ring (bicyclic) bond motifs is 2. The summed E-state index contributed by atoms with van der Waals surface area (Å²) in [6.45, 7) is -0.241. The number of benzene rings is 4. The van der Waals surface area contributed by atoms with E-state index in [1.807, 2.05) is 97.9 Å². The molecule has 0 saturated heterocycles. The van der Waals surface area contributed by atoms with Gasteiger partial charge >= 0.3 is 0 Å². The van der Waals surface area contributed by atoms with E-state index in [1.54, 1.807) is 6.07 Å². The second-order valence-corrected chi connectivity index (χ2v) is 9.61. The number of ether oxygens (including phenoxy) is 1. The highest BCUT2D eigenvalue weighted by Crippen LogP contribution is 2.34. The van der Waals surface area contributed by atoms with Crippen molar-refractivity contribution in [3.05, 3.63) is 101 Å². The summed E-state index contributed by atoms with van der Waals surface area (Å²) in [5.74, 6) is -0.145. The summed E-state index contributed by atoms with van der Waals surface area (Å²) in [4.78, 5) is 28.5. The van der Waals surface area contributed by atoms with E-state index in [2.05, 4.69) is 26.7 Å². The number of hydrazine groups is 1. The number of amides is 2. The molecular formula is C28H25BrN4O3. The predicted octanol–water partition coefficient (Wildman–Crippen LogP) is 5.35. The van der Waals surface area contributed by atoms with Gasteiger partial charge in [0.15, 0.2) is 6.61 Å². The molecule has 5 rings (SSSR count). The van der Waals surface area contributed by atoms with Crippen molar-refractivity contribution in [2.45, 2.75) is 6.17 Å². The Morgan fingerprint density at radius 2 is 1.78 bits per heavy atom. The van der Waals surface area contributed by atoms with E-state index in [0.29, 0.717) is 17.0 Å². The van der Waals surface area contributed by atoms with Crippen molar-refractivity contribution in [2.24, 2.45) is 0 Å². The molecular weight excluding hydrogens is 520 g/mol. The van der Waals surface area contributed by atoms with E-state index in [4.69, 9.17) is 4.74 Å². The van der Waals surface area contributed by atoms with Crippen LogP contribution in [-0.4, -0.2) is 37.5 Å². The Morgan fingerprint density at radius 3 is 2.56 bits per heavy atom. The van der Waals surface area contributed by atoms with Gasteiger partial charge in [0.25, 0.3) is 11.8 Å². The van der Waals surface area contributed by atoms with Crippen LogP contribution in [0.2, 0.25) is 0 Å². The lowest BCUT2D eigenvalue weighted by Gasteiger charge is -2.38. The first-order valence-corrected chi connectivity index (χ1v) is 12.3. The van der Waals surface area contributed by atoms with Crippen LogP contribution in [-0.2, 0) is 4.79 Å². The molecule has 4 aromatic rings. The minimum absolute atomic E-state index is 0.241. The Labute approximate surface area is 217 Å². The molecule has 0 saturated carbocycles. The number of nitrogens with one attached hydrogen (secondary N) is 2. The molecule has 1 aliphatic rings. The zero-order valence-corrected chi connectivity index (χ0v) is 21.5. The SMILES string of the molecule is CN(C)c1ccc(C2Nc3ccc(Br)cc3C(=O)N2NC(=O)COc2cccc3ccccc23)cc1. The Morgan fingerprint density at radius 1 is 1.03 bits per heavy atom. The van der Waals surface area contributed by atoms with Crippen molar-refractivity contribution in [1.82, 2.24) is 10.4 Å². The van der Waals surface area contributed by atoms with Gasteiger partial charge in [0.1, 0.15) is 11.9 Å². The van der Waals surface area contributed by atoms with E-state index in [-0.39, 0.29) is 12.5 Å². The van der Waals surface area contributed by atoms with Gasteiger partial charge in [-0.05, 0) is 47.3 Å². The number of rotatable bonds is 6. The van der Waals surface area contributed by atoms with Crippen molar-refractivity contribution >= 4 is 49.9 Å². The number of nitrogens with zero attached hydrogens (tertiary/aromatic N) is 2.